The maximum atomic E-state index is 12.8. The molecule has 27 heavy (non-hydrogen) atoms. The molecule has 1 fully saturated rings. The number of benzene rings is 1. The van der Waals surface area contributed by atoms with Crippen molar-refractivity contribution in [2.45, 2.75) is 37.9 Å². The van der Waals surface area contributed by atoms with Gasteiger partial charge in [-0.05, 0) is 57.5 Å². The van der Waals surface area contributed by atoms with E-state index in [1.807, 2.05) is 13.8 Å². The number of piperidine rings is 1. The molecule has 150 valence electrons. The smallest absolute Gasteiger partial charge is 0.245 e. The highest BCUT2D eigenvalue weighted by atomic mass is 32.2. The van der Waals surface area contributed by atoms with Crippen molar-refractivity contribution in [1.29, 1.82) is 0 Å². The Hall–Kier alpha value is -1.93. The van der Waals surface area contributed by atoms with Crippen molar-refractivity contribution in [2.24, 2.45) is 0 Å². The third-order valence-electron chi connectivity index (χ3n) is 5.22. The molecule has 7 nitrogen and oxygen atoms in total. The first kappa shape index (κ1) is 21.4. The number of carbonyl (C=O) groups is 2. The fourth-order valence-electron chi connectivity index (χ4n) is 3.41. The summed E-state index contributed by atoms with van der Waals surface area (Å²) in [5.41, 5.74) is 1.38. The summed E-state index contributed by atoms with van der Waals surface area (Å²) in [5.74, 6) is -0.430. The van der Waals surface area contributed by atoms with Gasteiger partial charge in [0.05, 0.1) is 6.42 Å². The number of nitrogens with one attached hydrogen (secondary N) is 2. The highest BCUT2D eigenvalue weighted by Gasteiger charge is 2.48. The van der Waals surface area contributed by atoms with Crippen molar-refractivity contribution in [3.8, 4) is 0 Å². The summed E-state index contributed by atoms with van der Waals surface area (Å²) in [7, 11) is -3.55. The molecule has 0 saturated carbocycles. The minimum Gasteiger partial charge on any atom is -0.343 e. The first-order chi connectivity index (χ1) is 12.7. The first-order valence-corrected chi connectivity index (χ1v) is 11.2. The molecule has 1 aliphatic rings. The highest BCUT2D eigenvalue weighted by molar-refractivity contribution is 7.92. The molecule has 0 atom stereocenters. The Kier molecular flexibility index (Phi) is 7.00. The Bertz CT molecular complexity index is 765. The molecule has 1 aromatic rings. The molecule has 0 aromatic heterocycles. The van der Waals surface area contributed by atoms with Crippen molar-refractivity contribution in [3.05, 3.63) is 29.8 Å². The van der Waals surface area contributed by atoms with E-state index in [1.54, 1.807) is 29.2 Å². The van der Waals surface area contributed by atoms with Gasteiger partial charge in [-0.2, -0.15) is 0 Å². The molecule has 2 rings (SSSR count). The minimum atomic E-state index is -3.55. The van der Waals surface area contributed by atoms with E-state index in [2.05, 4.69) is 10.6 Å². The van der Waals surface area contributed by atoms with Crippen molar-refractivity contribution < 1.29 is 18.0 Å². The van der Waals surface area contributed by atoms with Crippen LogP contribution in [0.4, 0.5) is 5.69 Å². The molecular weight excluding hydrogens is 366 g/mol. The molecular formula is C19H29N3O4S. The monoisotopic (exact) mass is 395 g/mol. The summed E-state index contributed by atoms with van der Waals surface area (Å²) in [4.78, 5) is 26.7. The number of amides is 2. The molecule has 0 spiro atoms. The Morgan fingerprint density at radius 2 is 1.67 bits per heavy atom. The lowest BCUT2D eigenvalue weighted by Crippen LogP contribution is -2.55. The number of rotatable bonds is 7. The lowest BCUT2D eigenvalue weighted by molar-refractivity contribution is -0.130. The summed E-state index contributed by atoms with van der Waals surface area (Å²) >= 11 is 0. The molecule has 1 aliphatic heterocycles. The van der Waals surface area contributed by atoms with Gasteiger partial charge in [0.1, 0.15) is 0 Å². The van der Waals surface area contributed by atoms with Crippen LogP contribution in [0.1, 0.15) is 32.3 Å². The van der Waals surface area contributed by atoms with E-state index in [0.717, 1.165) is 11.8 Å². The Morgan fingerprint density at radius 3 is 2.15 bits per heavy atom. The van der Waals surface area contributed by atoms with Crippen LogP contribution in [0.15, 0.2) is 24.3 Å². The van der Waals surface area contributed by atoms with Crippen LogP contribution in [-0.2, 0) is 25.8 Å². The van der Waals surface area contributed by atoms with Gasteiger partial charge in [-0.25, -0.2) is 8.42 Å². The highest BCUT2D eigenvalue weighted by Crippen LogP contribution is 2.29. The number of sulfone groups is 1. The van der Waals surface area contributed by atoms with Gasteiger partial charge in [-0.1, -0.05) is 12.1 Å². The molecule has 1 heterocycles. The van der Waals surface area contributed by atoms with Crippen LogP contribution >= 0.6 is 0 Å². The predicted octanol–water partition coefficient (Wildman–Crippen LogP) is 1.20. The number of carbonyl (C=O) groups excluding carboxylic acids is 2. The van der Waals surface area contributed by atoms with Crippen molar-refractivity contribution in [2.75, 3.05) is 37.8 Å². The quantitative estimate of drug-likeness (QED) is 0.723. The third kappa shape index (κ3) is 4.87. The molecule has 1 saturated heterocycles. The van der Waals surface area contributed by atoms with Crippen LogP contribution in [0, 0.1) is 0 Å². The van der Waals surface area contributed by atoms with E-state index in [-0.39, 0.29) is 18.7 Å². The van der Waals surface area contributed by atoms with Crippen LogP contribution in [0.3, 0.4) is 0 Å². The molecule has 0 bridgehead atoms. The Morgan fingerprint density at radius 1 is 1.11 bits per heavy atom. The van der Waals surface area contributed by atoms with Gasteiger partial charge in [0, 0.05) is 25.0 Å². The predicted molar refractivity (Wildman–Crippen MR) is 106 cm³/mol. The fraction of sp³-hybridized carbons (Fsp3) is 0.579. The van der Waals surface area contributed by atoms with Gasteiger partial charge in [-0.15, -0.1) is 0 Å². The summed E-state index contributed by atoms with van der Waals surface area (Å²) in [6, 6.07) is 6.98. The second kappa shape index (κ2) is 8.84. The Balaban J connectivity index is 2.09. The average molecular weight is 396 g/mol. The zero-order chi connectivity index (χ0) is 20.1. The van der Waals surface area contributed by atoms with Crippen LogP contribution in [-0.4, -0.2) is 62.3 Å². The topological polar surface area (TPSA) is 95.6 Å². The number of hydrogen-bond donors (Lipinski definition) is 2. The normalized spacial score (nSPS) is 16.6. The summed E-state index contributed by atoms with van der Waals surface area (Å²) < 4.78 is 23.2. The van der Waals surface area contributed by atoms with Crippen LogP contribution in [0.5, 0.6) is 0 Å². The van der Waals surface area contributed by atoms with Gasteiger partial charge in [0.25, 0.3) is 0 Å². The van der Waals surface area contributed by atoms with Crippen LogP contribution in [0.25, 0.3) is 0 Å². The molecule has 8 heteroatoms. The Labute approximate surface area is 161 Å². The van der Waals surface area contributed by atoms with E-state index in [1.165, 1.54) is 0 Å². The van der Waals surface area contributed by atoms with E-state index < -0.39 is 20.5 Å². The van der Waals surface area contributed by atoms with E-state index in [4.69, 9.17) is 0 Å². The fourth-order valence-corrected chi connectivity index (χ4v) is 4.74. The second-order valence-corrected chi connectivity index (χ2v) is 9.24. The lowest BCUT2D eigenvalue weighted by atomic mass is 9.95. The minimum absolute atomic E-state index is 0.0579. The van der Waals surface area contributed by atoms with E-state index in [0.29, 0.717) is 38.3 Å². The number of likely N-dealkylation sites (N-methyl/N-ethyl adjacent to an activating group) is 1. The molecule has 0 aliphatic carbocycles. The number of nitrogens with zero attached hydrogens (tertiary/aromatic N) is 1. The van der Waals surface area contributed by atoms with Gasteiger partial charge in [-0.3, -0.25) is 9.59 Å². The molecule has 0 radical (unpaired) electrons. The summed E-state index contributed by atoms with van der Waals surface area (Å²) in [6.07, 6.45) is 1.94. The summed E-state index contributed by atoms with van der Waals surface area (Å²) in [5, 5.41) is 5.84. The zero-order valence-corrected chi connectivity index (χ0v) is 17.1. The standard InChI is InChI=1S/C19H29N3O4S/c1-4-22(5-2)17(23)14-15-6-8-16(9-7-15)21-18(24)19(27(3,25)26)10-12-20-13-11-19/h6-9,20H,4-5,10-14H2,1-3H3,(H,21,24). The van der Waals surface area contributed by atoms with Gasteiger partial charge < -0.3 is 15.5 Å². The zero-order valence-electron chi connectivity index (χ0n) is 16.2. The van der Waals surface area contributed by atoms with Crippen molar-refractivity contribution >= 4 is 27.3 Å². The molecule has 1 aromatic carbocycles. The molecule has 2 amide bonds. The second-order valence-electron chi connectivity index (χ2n) is 6.91. The number of anilines is 1. The SMILES string of the molecule is CCN(CC)C(=O)Cc1ccc(NC(=O)C2(S(C)(=O)=O)CCNCC2)cc1. The summed E-state index contributed by atoms with van der Waals surface area (Å²) in [6.45, 7) is 6.22. The van der Waals surface area contributed by atoms with Crippen LogP contribution < -0.4 is 10.6 Å². The van der Waals surface area contributed by atoms with Gasteiger partial charge in [0.15, 0.2) is 14.6 Å². The van der Waals surface area contributed by atoms with Crippen LogP contribution in [0.2, 0.25) is 0 Å². The molecule has 2 N–H and O–H groups in total. The third-order valence-corrected chi connectivity index (χ3v) is 7.23. The average Bonchev–Trinajstić information content (AvgIpc) is 2.64. The maximum Gasteiger partial charge on any atom is 0.245 e. The van der Waals surface area contributed by atoms with Gasteiger partial charge >= 0.3 is 0 Å². The number of hydrogen-bond acceptors (Lipinski definition) is 5. The largest absolute Gasteiger partial charge is 0.343 e. The molecule has 0 unspecified atom stereocenters. The lowest BCUT2D eigenvalue weighted by Gasteiger charge is -2.34. The van der Waals surface area contributed by atoms with Crippen molar-refractivity contribution in [1.82, 2.24) is 10.2 Å². The van der Waals surface area contributed by atoms with Crippen molar-refractivity contribution in [3.63, 3.8) is 0 Å². The first-order valence-electron chi connectivity index (χ1n) is 9.32. The van der Waals surface area contributed by atoms with E-state index in [9.17, 15) is 18.0 Å². The maximum absolute atomic E-state index is 12.8. The van der Waals surface area contributed by atoms with E-state index >= 15 is 0 Å². The van der Waals surface area contributed by atoms with Gasteiger partial charge in [0.2, 0.25) is 11.8 Å².